The maximum absolute atomic E-state index is 4.55. The fraction of sp³-hybridized carbons (Fsp3) is 0. The largest absolute Gasteiger partial charge is 0.273 e. The second-order valence-corrected chi connectivity index (χ2v) is 29.9. The fourth-order valence-corrected chi connectivity index (χ4v) is 86.0. The van der Waals surface area contributed by atoms with Gasteiger partial charge < -0.3 is 0 Å². The summed E-state index contributed by atoms with van der Waals surface area (Å²) in [5.41, 5.74) is 0. The number of rotatable bonds is 0. The van der Waals surface area contributed by atoms with Crippen LogP contribution in [-0.2, 0) is 34.3 Å². The number of thiol groups is 1. The Bertz CT molecular complexity index is 508. The van der Waals surface area contributed by atoms with Gasteiger partial charge in [-0.05, 0) is 0 Å². The molecule has 0 spiro atoms. The summed E-state index contributed by atoms with van der Waals surface area (Å²) in [7, 11) is 3.15. The first-order valence-corrected chi connectivity index (χ1v) is 12.1. The van der Waals surface area contributed by atoms with Gasteiger partial charge in [-0.3, -0.25) is 7.05 Å². The van der Waals surface area contributed by atoms with Crippen LogP contribution in [0, 0.1) is 0 Å². The molecular weight excluding hydrogens is 192 g/mol. The van der Waals surface area contributed by atoms with Crippen molar-refractivity contribution in [2.24, 2.45) is 0 Å². The molecule has 4 aliphatic rings. The van der Waals surface area contributed by atoms with E-state index in [4.69, 9.17) is 0 Å². The van der Waals surface area contributed by atoms with Gasteiger partial charge in [-0.25, -0.2) is 15.5 Å². The van der Waals surface area contributed by atoms with E-state index in [1.165, 1.54) is 0 Å². The van der Waals surface area contributed by atoms with E-state index >= 15 is 0 Å². The second-order valence-electron chi connectivity index (χ2n) is 1.11. The van der Waals surface area contributed by atoms with E-state index < -0.39 is 0 Å². The zero-order chi connectivity index (χ0) is 3.94. The lowest BCUT2D eigenvalue weighted by molar-refractivity contribution is 5.58. The summed E-state index contributed by atoms with van der Waals surface area (Å²) in [5, 5.41) is 0.00926. The molecule has 4 rings (SSSR count). The zero-order valence-electron chi connectivity index (χ0n) is 2.49. The summed E-state index contributed by atoms with van der Waals surface area (Å²) in [6.07, 6.45) is 0. The second kappa shape index (κ2) is 0.698. The van der Waals surface area contributed by atoms with Gasteiger partial charge in [0.2, 0.25) is 0 Å². The van der Waals surface area contributed by atoms with Gasteiger partial charge in [-0.15, -0.1) is 23.4 Å². The van der Waals surface area contributed by atoms with Crippen molar-refractivity contribution < 1.29 is 0 Å². The van der Waals surface area contributed by atoms with Gasteiger partial charge in [-0.2, -0.15) is 0 Å². The van der Waals surface area contributed by atoms with Gasteiger partial charge in [-0.1, -0.05) is 0 Å². The van der Waals surface area contributed by atoms with E-state index in [-0.39, 0.29) is 5.21 Å². The molecule has 1 unspecified atom stereocenters. The Balaban J connectivity index is 3.60. The molecule has 0 aromatic carbocycles. The first kappa shape index (κ1) is 3.68. The molecule has 0 saturated heterocycles. The molecule has 4 heterocycles. The highest BCUT2D eigenvalue weighted by Crippen LogP contribution is 2.35. The normalized spacial score (nSPS) is 56.2. The number of hydrogen-bond acceptors (Lipinski definition) is 1. The van der Waals surface area contributed by atoms with Crippen LogP contribution in [0.2, 0.25) is 0 Å². The third-order valence-electron chi connectivity index (χ3n) is 0.819. The average molecular weight is 193 g/mol. The van der Waals surface area contributed by atoms with E-state index in [0.717, 1.165) is 20.2 Å². The van der Waals surface area contributed by atoms with Crippen molar-refractivity contribution in [1.82, 2.24) is 0 Å². The molecule has 0 aliphatic carbocycles. The van der Waals surface area contributed by atoms with Gasteiger partial charge >= 0.3 is 0 Å². The minimum absolute atomic E-state index is 0.00926. The highest BCUT2D eigenvalue weighted by Gasteiger charge is 2.11. The molecule has 0 N–H and O–H groups in total. The molecule has 0 nitrogen and oxygen atoms in total. The van der Waals surface area contributed by atoms with Crippen LogP contribution < -0.4 is 0 Å². The van der Waals surface area contributed by atoms with E-state index in [1.807, 2.05) is 0 Å². The van der Waals surface area contributed by atoms with Gasteiger partial charge in [0.25, 0.3) is 0 Å². The Labute approximate surface area is 45.5 Å². The van der Waals surface area contributed by atoms with E-state index in [1.54, 1.807) is 0 Å². The van der Waals surface area contributed by atoms with Crippen LogP contribution in [0.5, 0.6) is 0 Å². The first-order chi connectivity index (χ1) is 2.85. The van der Waals surface area contributed by atoms with Crippen molar-refractivity contribution in [3.63, 3.8) is 0 Å². The molecule has 0 aromatic rings. The van der Waals surface area contributed by atoms with Crippen molar-refractivity contribution in [2.45, 2.75) is 0 Å². The van der Waals surface area contributed by atoms with Gasteiger partial charge in [0, 0.05) is 0 Å². The molecular formula is HS6-. The van der Waals surface area contributed by atoms with Crippen LogP contribution in [0.1, 0.15) is 0 Å². The van der Waals surface area contributed by atoms with Crippen molar-refractivity contribution >= 4 is 45.9 Å². The summed E-state index contributed by atoms with van der Waals surface area (Å²) in [4.78, 5) is 0. The van der Waals surface area contributed by atoms with Crippen LogP contribution in [0.3, 0.4) is 0 Å². The van der Waals surface area contributed by atoms with Crippen LogP contribution in [0.15, 0.2) is 0 Å². The molecule has 0 amide bonds. The highest BCUT2D eigenvalue weighted by atomic mass is 34.4. The molecule has 4 aliphatic heterocycles. The number of hydrogen-bond donors (Lipinski definition) is 1. The van der Waals surface area contributed by atoms with Crippen molar-refractivity contribution in [3.8, 4) is 0 Å². The molecule has 6 heteroatoms. The fourth-order valence-electron chi connectivity index (χ4n) is 0.410. The van der Waals surface area contributed by atoms with Gasteiger partial charge in [0.15, 0.2) is 0 Å². The molecule has 0 radical (unpaired) electrons. The molecule has 0 aromatic heterocycles. The monoisotopic (exact) mass is 193 g/mol. The van der Waals surface area contributed by atoms with Gasteiger partial charge in [0.1, 0.15) is 0 Å². The summed E-state index contributed by atoms with van der Waals surface area (Å²) in [6, 6.07) is 0. The molecule has 2 bridgehead atoms. The van der Waals surface area contributed by atoms with E-state index in [0.29, 0.717) is 0 Å². The summed E-state index contributed by atoms with van der Waals surface area (Å²) in [5.74, 6) is 0. The first-order valence-electron chi connectivity index (χ1n) is 1.35. The lowest BCUT2D eigenvalue weighted by atomic mass is 30.3. The average Bonchev–Trinajstić information content (AvgIpc) is 1.75. The maximum Gasteiger partial charge on any atom is -0.123 e. The molecule has 1 atom stereocenters. The van der Waals surface area contributed by atoms with Crippen molar-refractivity contribution in [1.29, 1.82) is 0 Å². The third-order valence-corrected chi connectivity index (χ3v) is 59.0. The van der Waals surface area contributed by atoms with Crippen molar-refractivity contribution in [3.05, 3.63) is 0 Å². The predicted molar refractivity (Wildman–Crippen MR) is 45.8 cm³/mol. The van der Waals surface area contributed by atoms with Gasteiger partial charge in [0.05, 0.1) is 0 Å². The minimum atomic E-state index is 0.00926. The summed E-state index contributed by atoms with van der Waals surface area (Å²) in [6.45, 7) is 1.93. The Morgan fingerprint density at radius 3 is 2.17 bits per heavy atom. The van der Waals surface area contributed by atoms with E-state index in [2.05, 4.69) is 20.5 Å². The maximum atomic E-state index is 4.55. The quantitative estimate of drug-likeness (QED) is 0.321. The Morgan fingerprint density at radius 1 is 1.83 bits per heavy atom. The molecule has 0 fully saturated rings. The smallest absolute Gasteiger partial charge is 0.123 e. The zero-order valence-corrected chi connectivity index (χ0v) is 7.47. The van der Waals surface area contributed by atoms with Crippen molar-refractivity contribution in [2.75, 3.05) is 0 Å². The Morgan fingerprint density at radius 2 is 2.17 bits per heavy atom. The molecule has 6 heavy (non-hydrogen) atoms. The standard InChI is InChI=1S/HS6/c1-6-3-2-4(6)5(3)6/h1H/q-1. The summed E-state index contributed by atoms with van der Waals surface area (Å²) < 4.78 is 0. The molecule has 38 valence electrons. The highest BCUT2D eigenvalue weighted by molar-refractivity contribution is 9.67. The topological polar surface area (TPSA) is 0 Å². The van der Waals surface area contributed by atoms with Crippen LogP contribution in [0.25, 0.3) is 0 Å². The van der Waals surface area contributed by atoms with Crippen LogP contribution in [0.4, 0.5) is 0 Å². The van der Waals surface area contributed by atoms with Crippen LogP contribution >= 0.6 is 11.7 Å². The Kier molecular flexibility index (Phi) is 0.428. The van der Waals surface area contributed by atoms with E-state index in [9.17, 15) is 0 Å². The predicted octanol–water partition coefficient (Wildman–Crippen LogP) is 0.369. The SMILES string of the molecule is SS12=S3=S=[S-]1=S=3=2. The molecule has 0 saturated carbocycles. The minimum Gasteiger partial charge on any atom is -0.273 e. The van der Waals surface area contributed by atoms with Crippen LogP contribution in [-0.4, -0.2) is 0 Å². The summed E-state index contributed by atoms with van der Waals surface area (Å²) >= 11 is 4.55. The third kappa shape index (κ3) is 0.165. The lowest BCUT2D eigenvalue weighted by Crippen LogP contribution is -1.76. The Hall–Kier alpha value is 1.71. The lowest BCUT2D eigenvalue weighted by Gasteiger charge is -1.99.